The van der Waals surface area contributed by atoms with E-state index in [1.807, 2.05) is 12.1 Å². The smallest absolute Gasteiger partial charge is 0.142 e. The van der Waals surface area contributed by atoms with Crippen LogP contribution in [-0.4, -0.2) is 6.10 Å². The first-order valence-electron chi connectivity index (χ1n) is 7.84. The van der Waals surface area contributed by atoms with Crippen LogP contribution in [0.25, 0.3) is 0 Å². The van der Waals surface area contributed by atoms with Gasteiger partial charge in [0.2, 0.25) is 0 Å². The highest BCUT2D eigenvalue weighted by Gasteiger charge is 2.20. The van der Waals surface area contributed by atoms with Crippen LogP contribution in [0.3, 0.4) is 0 Å². The van der Waals surface area contributed by atoms with E-state index < -0.39 is 0 Å². The van der Waals surface area contributed by atoms with Gasteiger partial charge in [0.15, 0.2) is 0 Å². The molecule has 2 nitrogen and oxygen atoms in total. The highest BCUT2D eigenvalue weighted by molar-refractivity contribution is 5.58. The van der Waals surface area contributed by atoms with Crippen LogP contribution in [0.5, 0.6) is 5.75 Å². The maximum Gasteiger partial charge on any atom is 0.142 e. The summed E-state index contributed by atoms with van der Waals surface area (Å²) in [5, 5.41) is 3.69. The molecule has 1 atom stereocenters. The van der Waals surface area contributed by atoms with Crippen LogP contribution in [0.1, 0.15) is 43.9 Å². The number of hydrogen-bond donors (Lipinski definition) is 1. The molecule has 1 aliphatic rings. The van der Waals surface area contributed by atoms with E-state index in [2.05, 4.69) is 55.6 Å². The first kappa shape index (κ1) is 14.0. The lowest BCUT2D eigenvalue weighted by Crippen LogP contribution is -2.18. The summed E-state index contributed by atoms with van der Waals surface area (Å²) in [5.74, 6) is 0.940. The van der Waals surface area contributed by atoms with Crippen molar-refractivity contribution in [1.82, 2.24) is 0 Å². The van der Waals surface area contributed by atoms with Crippen molar-refractivity contribution in [3.05, 3.63) is 59.7 Å². The predicted octanol–water partition coefficient (Wildman–Crippen LogP) is 4.96. The summed E-state index contributed by atoms with van der Waals surface area (Å²) in [6.45, 7) is 4.12. The Hall–Kier alpha value is -1.96. The first-order valence-corrected chi connectivity index (χ1v) is 7.84. The third kappa shape index (κ3) is 3.21. The number of fused-ring (bicyclic) bond motifs is 1. The highest BCUT2D eigenvalue weighted by atomic mass is 16.5. The lowest BCUT2D eigenvalue weighted by molar-refractivity contribution is 0.243. The van der Waals surface area contributed by atoms with Crippen molar-refractivity contribution < 1.29 is 4.74 Å². The Morgan fingerprint density at radius 1 is 1.05 bits per heavy atom. The number of ether oxygens (including phenoxy) is 1. The number of nitrogens with one attached hydrogen (secondary N) is 1. The molecule has 2 heteroatoms. The van der Waals surface area contributed by atoms with E-state index in [1.54, 1.807) is 0 Å². The van der Waals surface area contributed by atoms with Crippen molar-refractivity contribution in [2.24, 2.45) is 0 Å². The van der Waals surface area contributed by atoms with E-state index >= 15 is 0 Å². The molecule has 2 aromatic rings. The number of hydrogen-bond acceptors (Lipinski definition) is 2. The van der Waals surface area contributed by atoms with E-state index in [0.29, 0.717) is 6.04 Å². The SMILES string of the molecule is CC(C)Oc1ccccc1NC1CCCc2ccccc21. The van der Waals surface area contributed by atoms with Gasteiger partial charge in [-0.1, -0.05) is 36.4 Å². The molecule has 0 aliphatic heterocycles. The van der Waals surface area contributed by atoms with Crippen LogP contribution in [0.4, 0.5) is 5.69 Å². The number of benzene rings is 2. The van der Waals surface area contributed by atoms with Gasteiger partial charge in [0.05, 0.1) is 17.8 Å². The van der Waals surface area contributed by atoms with Crippen LogP contribution in [0.15, 0.2) is 48.5 Å². The van der Waals surface area contributed by atoms with Crippen LogP contribution in [-0.2, 0) is 6.42 Å². The fraction of sp³-hybridized carbons (Fsp3) is 0.368. The summed E-state index contributed by atoms with van der Waals surface area (Å²) in [6, 6.07) is 17.4. The first-order chi connectivity index (χ1) is 10.2. The summed E-state index contributed by atoms with van der Waals surface area (Å²) < 4.78 is 5.91. The van der Waals surface area contributed by atoms with E-state index in [4.69, 9.17) is 4.74 Å². The second kappa shape index (κ2) is 6.21. The fourth-order valence-electron chi connectivity index (χ4n) is 3.03. The van der Waals surface area contributed by atoms with Gasteiger partial charge in [-0.2, -0.15) is 0 Å². The molecule has 0 saturated heterocycles. The fourth-order valence-corrected chi connectivity index (χ4v) is 3.03. The Morgan fingerprint density at radius 3 is 2.67 bits per heavy atom. The van der Waals surface area contributed by atoms with Crippen LogP contribution >= 0.6 is 0 Å². The van der Waals surface area contributed by atoms with Crippen molar-refractivity contribution in [2.45, 2.75) is 45.3 Å². The van der Waals surface area contributed by atoms with Gasteiger partial charge in [0, 0.05) is 0 Å². The Bertz CT molecular complexity index is 606. The maximum absolute atomic E-state index is 5.91. The van der Waals surface area contributed by atoms with Gasteiger partial charge in [0.25, 0.3) is 0 Å². The second-order valence-corrected chi connectivity index (χ2v) is 5.95. The van der Waals surface area contributed by atoms with E-state index in [9.17, 15) is 0 Å². The minimum atomic E-state index is 0.187. The highest BCUT2D eigenvalue weighted by Crippen LogP contribution is 2.35. The molecule has 3 rings (SSSR count). The zero-order chi connectivity index (χ0) is 14.7. The van der Waals surface area contributed by atoms with Gasteiger partial charge in [0.1, 0.15) is 5.75 Å². The molecule has 110 valence electrons. The summed E-state index contributed by atoms with van der Waals surface area (Å²) in [7, 11) is 0. The van der Waals surface area contributed by atoms with Gasteiger partial charge >= 0.3 is 0 Å². The number of anilines is 1. The van der Waals surface area contributed by atoms with Gasteiger partial charge in [-0.05, 0) is 56.4 Å². The number of aryl methyl sites for hydroxylation is 1. The van der Waals surface area contributed by atoms with Gasteiger partial charge < -0.3 is 10.1 Å². The third-order valence-corrected chi connectivity index (χ3v) is 3.95. The topological polar surface area (TPSA) is 21.3 Å². The van der Waals surface area contributed by atoms with Crippen molar-refractivity contribution in [3.63, 3.8) is 0 Å². The minimum absolute atomic E-state index is 0.187. The van der Waals surface area contributed by atoms with Crippen LogP contribution in [0.2, 0.25) is 0 Å². The lowest BCUT2D eigenvalue weighted by atomic mass is 9.87. The summed E-state index contributed by atoms with van der Waals surface area (Å²) in [6.07, 6.45) is 3.79. The minimum Gasteiger partial charge on any atom is -0.489 e. The Kier molecular flexibility index (Phi) is 4.14. The maximum atomic E-state index is 5.91. The van der Waals surface area contributed by atoms with E-state index in [-0.39, 0.29) is 6.10 Å². The van der Waals surface area contributed by atoms with Crippen LogP contribution < -0.4 is 10.1 Å². The molecule has 1 aliphatic carbocycles. The molecular weight excluding hydrogens is 258 g/mol. The molecule has 0 bridgehead atoms. The van der Waals surface area contributed by atoms with Crippen molar-refractivity contribution in [2.75, 3.05) is 5.32 Å². The van der Waals surface area contributed by atoms with Crippen molar-refractivity contribution in [3.8, 4) is 5.75 Å². The molecular formula is C19H23NO. The molecule has 1 N–H and O–H groups in total. The van der Waals surface area contributed by atoms with Gasteiger partial charge in [-0.15, -0.1) is 0 Å². The monoisotopic (exact) mass is 281 g/mol. The average molecular weight is 281 g/mol. The average Bonchev–Trinajstić information content (AvgIpc) is 2.49. The van der Waals surface area contributed by atoms with Crippen molar-refractivity contribution in [1.29, 1.82) is 0 Å². The zero-order valence-electron chi connectivity index (χ0n) is 12.8. The molecule has 0 fully saturated rings. The normalized spacial score (nSPS) is 17.4. The molecule has 0 aromatic heterocycles. The quantitative estimate of drug-likeness (QED) is 0.855. The molecule has 1 unspecified atom stereocenters. The Balaban J connectivity index is 1.85. The summed E-state index contributed by atoms with van der Waals surface area (Å²) >= 11 is 0. The number of rotatable bonds is 4. The molecule has 2 aromatic carbocycles. The molecule has 0 heterocycles. The van der Waals surface area contributed by atoms with Crippen molar-refractivity contribution >= 4 is 5.69 Å². The largest absolute Gasteiger partial charge is 0.489 e. The standard InChI is InChI=1S/C19H23NO/c1-14(2)21-19-13-6-5-11-18(19)20-17-12-7-9-15-8-3-4-10-16(15)17/h3-6,8,10-11,13-14,17,20H,7,9,12H2,1-2H3. The predicted molar refractivity (Wildman–Crippen MR) is 87.9 cm³/mol. The van der Waals surface area contributed by atoms with Gasteiger partial charge in [-0.3, -0.25) is 0 Å². The number of para-hydroxylation sites is 2. The lowest BCUT2D eigenvalue weighted by Gasteiger charge is -2.28. The Morgan fingerprint density at radius 2 is 1.81 bits per heavy atom. The summed E-state index contributed by atoms with van der Waals surface area (Å²) in [4.78, 5) is 0. The second-order valence-electron chi connectivity index (χ2n) is 5.95. The molecule has 0 amide bonds. The molecule has 21 heavy (non-hydrogen) atoms. The van der Waals surface area contributed by atoms with Gasteiger partial charge in [-0.25, -0.2) is 0 Å². The Labute approximate surface area is 127 Å². The molecule has 0 spiro atoms. The zero-order valence-corrected chi connectivity index (χ0v) is 12.8. The summed E-state index contributed by atoms with van der Waals surface area (Å²) in [5.41, 5.74) is 4.00. The molecule has 0 saturated carbocycles. The van der Waals surface area contributed by atoms with E-state index in [0.717, 1.165) is 11.4 Å². The van der Waals surface area contributed by atoms with Crippen LogP contribution in [0, 0.1) is 0 Å². The van der Waals surface area contributed by atoms with E-state index in [1.165, 1.54) is 30.4 Å². The molecule has 0 radical (unpaired) electrons. The third-order valence-electron chi connectivity index (χ3n) is 3.95.